The van der Waals surface area contributed by atoms with Crippen LogP contribution in [0.1, 0.15) is 40.0 Å². The maximum absolute atomic E-state index is 11.4. The van der Waals surface area contributed by atoms with E-state index in [1.807, 2.05) is 6.92 Å². The number of piperidine rings is 1. The monoisotopic (exact) mass is 242 g/mol. The Bertz CT molecular complexity index is 233. The summed E-state index contributed by atoms with van der Waals surface area (Å²) in [4.78, 5) is 13.9. The van der Waals surface area contributed by atoms with E-state index in [2.05, 4.69) is 24.1 Å². The van der Waals surface area contributed by atoms with Crippen LogP contribution in [0.3, 0.4) is 0 Å². The number of rotatable bonds is 5. The van der Waals surface area contributed by atoms with Crippen LogP contribution in [0.2, 0.25) is 0 Å². The van der Waals surface area contributed by atoms with Gasteiger partial charge in [0, 0.05) is 19.1 Å². The van der Waals surface area contributed by atoms with Crippen molar-refractivity contribution in [3.8, 4) is 0 Å². The smallest absolute Gasteiger partial charge is 0.407 e. The largest absolute Gasteiger partial charge is 0.450 e. The van der Waals surface area contributed by atoms with Gasteiger partial charge in [0.25, 0.3) is 0 Å². The molecule has 0 radical (unpaired) electrons. The van der Waals surface area contributed by atoms with Crippen LogP contribution in [0.15, 0.2) is 0 Å². The summed E-state index contributed by atoms with van der Waals surface area (Å²) in [6.07, 6.45) is 3.16. The molecule has 17 heavy (non-hydrogen) atoms. The molecule has 1 fully saturated rings. The lowest BCUT2D eigenvalue weighted by atomic mass is 9.92. The quantitative estimate of drug-likeness (QED) is 0.804. The average Bonchev–Trinajstić information content (AvgIpc) is 2.29. The normalized spacial score (nSPS) is 25.6. The van der Waals surface area contributed by atoms with Crippen molar-refractivity contribution in [2.45, 2.75) is 46.1 Å². The van der Waals surface area contributed by atoms with Gasteiger partial charge in [-0.1, -0.05) is 20.3 Å². The highest BCUT2D eigenvalue weighted by molar-refractivity contribution is 5.67. The fourth-order valence-corrected chi connectivity index (χ4v) is 2.54. The second-order valence-electron chi connectivity index (χ2n) is 4.83. The molecule has 1 saturated heterocycles. The van der Waals surface area contributed by atoms with Gasteiger partial charge in [0.1, 0.15) is 0 Å². The first-order chi connectivity index (χ1) is 8.19. The molecule has 2 unspecified atom stereocenters. The third kappa shape index (κ3) is 4.94. The summed E-state index contributed by atoms with van der Waals surface area (Å²) in [6.45, 7) is 9.95. The summed E-state index contributed by atoms with van der Waals surface area (Å²) in [5, 5.41) is 2.97. The topological polar surface area (TPSA) is 41.6 Å². The zero-order valence-electron chi connectivity index (χ0n) is 11.4. The zero-order valence-corrected chi connectivity index (χ0v) is 11.4. The van der Waals surface area contributed by atoms with Crippen molar-refractivity contribution in [3.63, 3.8) is 0 Å². The molecule has 0 aromatic heterocycles. The van der Waals surface area contributed by atoms with Crippen LogP contribution in [0.4, 0.5) is 4.79 Å². The fraction of sp³-hybridized carbons (Fsp3) is 0.923. The van der Waals surface area contributed by atoms with E-state index in [1.54, 1.807) is 0 Å². The van der Waals surface area contributed by atoms with Gasteiger partial charge >= 0.3 is 6.09 Å². The molecular formula is C13H26N2O2. The molecule has 100 valence electrons. The number of alkyl carbamates (subject to hydrolysis) is 1. The second kappa shape index (κ2) is 7.54. The van der Waals surface area contributed by atoms with Crippen LogP contribution in [0.5, 0.6) is 0 Å². The highest BCUT2D eigenvalue weighted by Crippen LogP contribution is 2.20. The molecule has 0 aliphatic carbocycles. The van der Waals surface area contributed by atoms with Gasteiger partial charge in [-0.3, -0.25) is 0 Å². The predicted molar refractivity (Wildman–Crippen MR) is 69.1 cm³/mol. The third-order valence-corrected chi connectivity index (χ3v) is 3.33. The van der Waals surface area contributed by atoms with Crippen molar-refractivity contribution in [1.82, 2.24) is 10.2 Å². The maximum Gasteiger partial charge on any atom is 0.407 e. The van der Waals surface area contributed by atoms with Crippen molar-refractivity contribution in [3.05, 3.63) is 0 Å². The summed E-state index contributed by atoms with van der Waals surface area (Å²) in [7, 11) is 0. The molecule has 1 aliphatic rings. The summed E-state index contributed by atoms with van der Waals surface area (Å²) in [5.41, 5.74) is 0. The van der Waals surface area contributed by atoms with Crippen molar-refractivity contribution < 1.29 is 9.53 Å². The van der Waals surface area contributed by atoms with Crippen LogP contribution in [-0.2, 0) is 4.74 Å². The lowest BCUT2D eigenvalue weighted by molar-refractivity contribution is 0.116. The van der Waals surface area contributed by atoms with Crippen LogP contribution < -0.4 is 5.32 Å². The summed E-state index contributed by atoms with van der Waals surface area (Å²) < 4.78 is 4.94. The van der Waals surface area contributed by atoms with Gasteiger partial charge in [-0.05, 0) is 32.2 Å². The first-order valence-corrected chi connectivity index (χ1v) is 6.85. The molecule has 1 rings (SSSR count). The lowest BCUT2D eigenvalue weighted by Gasteiger charge is -2.37. The van der Waals surface area contributed by atoms with Gasteiger partial charge < -0.3 is 15.0 Å². The molecule has 1 amide bonds. The fourth-order valence-electron chi connectivity index (χ4n) is 2.54. The highest BCUT2D eigenvalue weighted by atomic mass is 16.5. The van der Waals surface area contributed by atoms with Gasteiger partial charge in [-0.2, -0.15) is 0 Å². The van der Waals surface area contributed by atoms with E-state index in [0.717, 1.165) is 19.5 Å². The Balaban J connectivity index is 2.44. The van der Waals surface area contributed by atoms with Gasteiger partial charge in [-0.15, -0.1) is 0 Å². The number of likely N-dealkylation sites (tertiary alicyclic amines) is 1. The first kappa shape index (κ1) is 14.3. The molecule has 4 nitrogen and oxygen atoms in total. The van der Waals surface area contributed by atoms with E-state index >= 15 is 0 Å². The summed E-state index contributed by atoms with van der Waals surface area (Å²) >= 11 is 0. The van der Waals surface area contributed by atoms with Crippen molar-refractivity contribution >= 4 is 6.09 Å². The number of carbonyl (C=O) groups is 1. The number of hydrogen-bond donors (Lipinski definition) is 1. The molecule has 0 bridgehead atoms. The first-order valence-electron chi connectivity index (χ1n) is 6.85. The zero-order chi connectivity index (χ0) is 12.7. The van der Waals surface area contributed by atoms with Gasteiger partial charge in [0.05, 0.1) is 6.61 Å². The molecule has 1 N–H and O–H groups in total. The second-order valence-corrected chi connectivity index (χ2v) is 4.83. The number of carbonyl (C=O) groups excluding carboxylic acids is 1. The molecule has 4 heteroatoms. The Morgan fingerprint density at radius 1 is 1.35 bits per heavy atom. The Kier molecular flexibility index (Phi) is 6.34. The van der Waals surface area contributed by atoms with Crippen molar-refractivity contribution in [2.75, 3.05) is 26.2 Å². The summed E-state index contributed by atoms with van der Waals surface area (Å²) in [6, 6.07) is 0.249. The minimum absolute atomic E-state index is 0.249. The Morgan fingerprint density at radius 2 is 2.12 bits per heavy atom. The maximum atomic E-state index is 11.4. The number of hydrogen-bond acceptors (Lipinski definition) is 3. The van der Waals surface area contributed by atoms with Gasteiger partial charge in [0.2, 0.25) is 0 Å². The van der Waals surface area contributed by atoms with Gasteiger partial charge in [-0.25, -0.2) is 4.79 Å². The molecule has 0 saturated carbocycles. The van der Waals surface area contributed by atoms with Crippen molar-refractivity contribution in [2.24, 2.45) is 5.92 Å². The minimum atomic E-state index is -0.272. The Hall–Kier alpha value is -0.770. The molecule has 0 aromatic rings. The minimum Gasteiger partial charge on any atom is -0.450 e. The SMILES string of the molecule is CCCN1CC(CC)CC(NC(=O)OCC)C1. The van der Waals surface area contributed by atoms with Gasteiger partial charge in [0.15, 0.2) is 0 Å². The van der Waals surface area contributed by atoms with Crippen LogP contribution >= 0.6 is 0 Å². The van der Waals surface area contributed by atoms with Crippen LogP contribution in [0, 0.1) is 5.92 Å². The number of nitrogens with zero attached hydrogens (tertiary/aromatic N) is 1. The number of amides is 1. The molecule has 2 atom stereocenters. The molecule has 0 aromatic carbocycles. The van der Waals surface area contributed by atoms with Crippen LogP contribution in [0.25, 0.3) is 0 Å². The predicted octanol–water partition coefficient (Wildman–Crippen LogP) is 2.24. The summed E-state index contributed by atoms with van der Waals surface area (Å²) in [5.74, 6) is 0.697. The van der Waals surface area contributed by atoms with E-state index in [9.17, 15) is 4.79 Å². The lowest BCUT2D eigenvalue weighted by Crippen LogP contribution is -2.50. The highest BCUT2D eigenvalue weighted by Gasteiger charge is 2.26. The molecule has 1 aliphatic heterocycles. The standard InChI is InChI=1S/C13H26N2O2/c1-4-7-15-9-11(5-2)8-12(10-15)14-13(16)17-6-3/h11-12H,4-10H2,1-3H3,(H,14,16). The molecular weight excluding hydrogens is 216 g/mol. The number of nitrogens with one attached hydrogen (secondary N) is 1. The molecule has 0 spiro atoms. The molecule has 1 heterocycles. The average molecular weight is 242 g/mol. The van der Waals surface area contributed by atoms with E-state index in [-0.39, 0.29) is 12.1 Å². The Morgan fingerprint density at radius 3 is 2.71 bits per heavy atom. The van der Waals surface area contributed by atoms with E-state index < -0.39 is 0 Å². The Labute approximate surface area is 105 Å². The van der Waals surface area contributed by atoms with E-state index in [0.29, 0.717) is 12.5 Å². The van der Waals surface area contributed by atoms with E-state index in [1.165, 1.54) is 19.4 Å². The van der Waals surface area contributed by atoms with E-state index in [4.69, 9.17) is 4.74 Å². The van der Waals surface area contributed by atoms with Crippen LogP contribution in [-0.4, -0.2) is 43.3 Å². The number of ether oxygens (including phenoxy) is 1. The third-order valence-electron chi connectivity index (χ3n) is 3.33. The van der Waals surface area contributed by atoms with Crippen molar-refractivity contribution in [1.29, 1.82) is 0 Å².